The second-order valence-corrected chi connectivity index (χ2v) is 8.83. The predicted octanol–water partition coefficient (Wildman–Crippen LogP) is 3.28. The van der Waals surface area contributed by atoms with Gasteiger partial charge in [0.2, 0.25) is 5.91 Å². The molecule has 32 heavy (non-hydrogen) atoms. The number of H-pyrrole nitrogens is 1. The van der Waals surface area contributed by atoms with Gasteiger partial charge < -0.3 is 20.7 Å². The van der Waals surface area contributed by atoms with Gasteiger partial charge in [-0.2, -0.15) is 0 Å². The Morgan fingerprint density at radius 2 is 2.16 bits per heavy atom. The Labute approximate surface area is 188 Å². The van der Waals surface area contributed by atoms with Crippen LogP contribution < -0.4 is 10.6 Å². The number of hydrogen-bond acceptors (Lipinski definition) is 4. The quantitative estimate of drug-likeness (QED) is 0.378. The summed E-state index contributed by atoms with van der Waals surface area (Å²) in [5.74, 6) is 2.09. The first-order chi connectivity index (χ1) is 15.3. The van der Waals surface area contributed by atoms with E-state index in [0.29, 0.717) is 24.3 Å². The van der Waals surface area contributed by atoms with Gasteiger partial charge in [-0.1, -0.05) is 31.9 Å². The second kappa shape index (κ2) is 10.3. The maximum Gasteiger partial charge on any atom is 0.291 e. The van der Waals surface area contributed by atoms with Crippen molar-refractivity contribution < 1.29 is 14.7 Å². The van der Waals surface area contributed by atoms with Crippen LogP contribution in [-0.2, 0) is 11.2 Å². The fourth-order valence-electron chi connectivity index (χ4n) is 3.64. The molecule has 2 amide bonds. The molecule has 2 aromatic rings. The SMILES string of the molecule is C#Cc1cnc(C(=O)Nc2ccc(CC(=O)NCCCO)cc2C2=CCC(C)(C)CC2)[nH]1. The standard InChI is InChI=1S/C25H30N4O3/c1-4-19-16-27-23(28-19)24(32)29-21-7-6-17(15-22(31)26-12-5-13-30)14-20(21)18-8-10-25(2,3)11-9-18/h1,6-8,14,16,30H,5,9-13,15H2,2-3H3,(H,26,31)(H,27,28)(H,29,32). The number of aliphatic hydroxyl groups is 1. The van der Waals surface area contributed by atoms with Crippen molar-refractivity contribution in [1.82, 2.24) is 15.3 Å². The molecule has 7 heteroatoms. The Balaban J connectivity index is 1.85. The second-order valence-electron chi connectivity index (χ2n) is 8.83. The van der Waals surface area contributed by atoms with Gasteiger partial charge in [0.1, 0.15) is 5.69 Å². The summed E-state index contributed by atoms with van der Waals surface area (Å²) in [4.78, 5) is 31.8. The third-order valence-corrected chi connectivity index (χ3v) is 5.62. The number of aromatic amines is 1. The van der Waals surface area contributed by atoms with Crippen LogP contribution in [0.5, 0.6) is 0 Å². The van der Waals surface area contributed by atoms with Crippen molar-refractivity contribution in [3.8, 4) is 12.3 Å². The minimum atomic E-state index is -0.376. The number of aromatic nitrogens is 2. The molecule has 0 unspecified atom stereocenters. The topological polar surface area (TPSA) is 107 Å². The lowest BCUT2D eigenvalue weighted by molar-refractivity contribution is -0.120. The van der Waals surface area contributed by atoms with E-state index in [9.17, 15) is 9.59 Å². The van der Waals surface area contributed by atoms with Crippen LogP contribution in [-0.4, -0.2) is 40.0 Å². The van der Waals surface area contributed by atoms with Crippen molar-refractivity contribution >= 4 is 23.1 Å². The van der Waals surface area contributed by atoms with Gasteiger partial charge in [-0.25, -0.2) is 4.98 Å². The van der Waals surface area contributed by atoms with E-state index < -0.39 is 0 Å². The zero-order valence-corrected chi connectivity index (χ0v) is 18.6. The Hall–Kier alpha value is -3.37. The molecule has 0 saturated heterocycles. The summed E-state index contributed by atoms with van der Waals surface area (Å²) in [6, 6.07) is 5.64. The lowest BCUT2D eigenvalue weighted by Gasteiger charge is -2.29. The number of nitrogens with one attached hydrogen (secondary N) is 3. The number of benzene rings is 1. The van der Waals surface area contributed by atoms with Crippen LogP contribution in [0.3, 0.4) is 0 Å². The van der Waals surface area contributed by atoms with Crippen LogP contribution in [0.1, 0.15) is 67.0 Å². The number of imidazole rings is 1. The summed E-state index contributed by atoms with van der Waals surface area (Å²) in [7, 11) is 0. The number of carbonyl (C=O) groups excluding carboxylic acids is 2. The first-order valence-corrected chi connectivity index (χ1v) is 10.8. The third kappa shape index (κ3) is 6.08. The van der Waals surface area contributed by atoms with Crippen molar-refractivity contribution in [2.24, 2.45) is 5.41 Å². The normalized spacial score (nSPS) is 14.9. The molecule has 0 spiro atoms. The average molecular weight is 435 g/mol. The molecule has 3 rings (SSSR count). The minimum Gasteiger partial charge on any atom is -0.396 e. The molecule has 0 atom stereocenters. The molecule has 0 fully saturated rings. The molecule has 1 aliphatic carbocycles. The van der Waals surface area contributed by atoms with Crippen LogP contribution in [0.15, 0.2) is 30.5 Å². The molecule has 0 bridgehead atoms. The van der Waals surface area contributed by atoms with E-state index in [1.165, 1.54) is 6.20 Å². The molecule has 0 saturated carbocycles. The van der Waals surface area contributed by atoms with Crippen LogP contribution >= 0.6 is 0 Å². The molecule has 1 heterocycles. The number of hydrogen-bond donors (Lipinski definition) is 4. The highest BCUT2D eigenvalue weighted by Crippen LogP contribution is 2.40. The zero-order valence-electron chi connectivity index (χ0n) is 18.6. The molecular formula is C25H30N4O3. The summed E-state index contributed by atoms with van der Waals surface area (Å²) in [6.45, 7) is 4.98. The maximum absolute atomic E-state index is 12.7. The average Bonchev–Trinajstić information content (AvgIpc) is 3.25. The van der Waals surface area contributed by atoms with Gasteiger partial charge in [-0.15, -0.1) is 6.42 Å². The lowest BCUT2D eigenvalue weighted by atomic mass is 9.76. The number of nitrogens with zero attached hydrogens (tertiary/aromatic N) is 1. The van der Waals surface area contributed by atoms with E-state index in [2.05, 4.69) is 46.4 Å². The first kappa shape index (κ1) is 23.3. The molecule has 4 N–H and O–H groups in total. The van der Waals surface area contributed by atoms with Crippen LogP contribution in [0.25, 0.3) is 5.57 Å². The largest absolute Gasteiger partial charge is 0.396 e. The molecule has 7 nitrogen and oxygen atoms in total. The van der Waals surface area contributed by atoms with E-state index in [4.69, 9.17) is 11.5 Å². The number of allylic oxidation sites excluding steroid dienone is 2. The maximum atomic E-state index is 12.7. The summed E-state index contributed by atoms with van der Waals surface area (Å²) in [6.07, 6.45) is 12.7. The summed E-state index contributed by atoms with van der Waals surface area (Å²) >= 11 is 0. The third-order valence-electron chi connectivity index (χ3n) is 5.62. The summed E-state index contributed by atoms with van der Waals surface area (Å²) in [5, 5.41) is 14.6. The highest BCUT2D eigenvalue weighted by atomic mass is 16.3. The van der Waals surface area contributed by atoms with E-state index >= 15 is 0 Å². The molecule has 1 aromatic carbocycles. The van der Waals surface area contributed by atoms with Gasteiger partial charge in [0.05, 0.1) is 12.6 Å². The van der Waals surface area contributed by atoms with Gasteiger partial charge in [-0.05, 0) is 54.4 Å². The van der Waals surface area contributed by atoms with Crippen LogP contribution in [0, 0.1) is 17.8 Å². The van der Waals surface area contributed by atoms with Crippen molar-refractivity contribution in [3.05, 3.63) is 53.1 Å². The number of rotatable bonds is 8. The summed E-state index contributed by atoms with van der Waals surface area (Å²) in [5.41, 5.74) is 4.29. The Bertz CT molecular complexity index is 1060. The monoisotopic (exact) mass is 434 g/mol. The van der Waals surface area contributed by atoms with Crippen LogP contribution in [0.2, 0.25) is 0 Å². The molecule has 1 aromatic heterocycles. The molecule has 0 radical (unpaired) electrons. The summed E-state index contributed by atoms with van der Waals surface area (Å²) < 4.78 is 0. The number of carbonyl (C=O) groups is 2. The highest BCUT2D eigenvalue weighted by molar-refractivity contribution is 6.03. The zero-order chi connectivity index (χ0) is 23.1. The van der Waals surface area contributed by atoms with Gasteiger partial charge in [-0.3, -0.25) is 9.59 Å². The molecule has 168 valence electrons. The van der Waals surface area contributed by atoms with E-state index in [1.54, 1.807) is 0 Å². The van der Waals surface area contributed by atoms with Crippen molar-refractivity contribution in [2.75, 3.05) is 18.5 Å². The van der Waals surface area contributed by atoms with Gasteiger partial charge in [0.15, 0.2) is 5.82 Å². The minimum absolute atomic E-state index is 0.0435. The number of amides is 2. The number of aliphatic hydroxyl groups excluding tert-OH is 1. The molecular weight excluding hydrogens is 404 g/mol. The fraction of sp³-hybridized carbons (Fsp3) is 0.400. The van der Waals surface area contributed by atoms with Crippen molar-refractivity contribution in [3.63, 3.8) is 0 Å². The smallest absolute Gasteiger partial charge is 0.291 e. The molecule has 0 aliphatic heterocycles. The van der Waals surface area contributed by atoms with Gasteiger partial charge >= 0.3 is 0 Å². The van der Waals surface area contributed by atoms with E-state index in [-0.39, 0.29) is 36.1 Å². The Morgan fingerprint density at radius 1 is 1.34 bits per heavy atom. The highest BCUT2D eigenvalue weighted by Gasteiger charge is 2.24. The lowest BCUT2D eigenvalue weighted by Crippen LogP contribution is -2.26. The van der Waals surface area contributed by atoms with E-state index in [1.807, 2.05) is 18.2 Å². The van der Waals surface area contributed by atoms with Gasteiger partial charge in [0.25, 0.3) is 5.91 Å². The molecule has 1 aliphatic rings. The van der Waals surface area contributed by atoms with Crippen molar-refractivity contribution in [2.45, 2.75) is 46.0 Å². The fourth-order valence-corrected chi connectivity index (χ4v) is 3.64. The number of anilines is 1. The van der Waals surface area contributed by atoms with E-state index in [0.717, 1.165) is 36.0 Å². The first-order valence-electron chi connectivity index (χ1n) is 10.8. The Kier molecular flexibility index (Phi) is 7.49. The van der Waals surface area contributed by atoms with Crippen LogP contribution in [0.4, 0.5) is 5.69 Å². The van der Waals surface area contributed by atoms with Crippen molar-refractivity contribution in [1.29, 1.82) is 0 Å². The Morgan fingerprint density at radius 3 is 2.81 bits per heavy atom. The van der Waals surface area contributed by atoms with Gasteiger partial charge in [0, 0.05) is 24.4 Å². The predicted molar refractivity (Wildman–Crippen MR) is 125 cm³/mol. The number of terminal acetylenes is 1.